The maximum atomic E-state index is 11.4. The summed E-state index contributed by atoms with van der Waals surface area (Å²) in [6.07, 6.45) is 4.26. The molecule has 0 unspecified atom stereocenters. The molecule has 6 heteroatoms. The Bertz CT molecular complexity index is 947. The number of fused-ring (bicyclic) bond motifs is 1. The molecule has 2 N–H and O–H groups in total. The van der Waals surface area contributed by atoms with Crippen molar-refractivity contribution >= 4 is 21.2 Å². The molecule has 0 aliphatic carbocycles. The average molecular weight is 344 g/mol. The third kappa shape index (κ3) is 3.34. The highest BCUT2D eigenvalue weighted by Gasteiger charge is 2.19. The highest BCUT2D eigenvalue weighted by atomic mass is 32.2. The molecule has 3 rings (SSSR count). The van der Waals surface area contributed by atoms with Gasteiger partial charge >= 0.3 is 10.1 Å². The highest BCUT2D eigenvalue weighted by Crippen LogP contribution is 2.32. The molecule has 1 aromatic heterocycles. The van der Waals surface area contributed by atoms with E-state index in [2.05, 4.69) is 16.9 Å². The van der Waals surface area contributed by atoms with Crippen LogP contribution in [0.3, 0.4) is 0 Å². The lowest BCUT2D eigenvalue weighted by Crippen LogP contribution is -1.99. The van der Waals surface area contributed by atoms with Crippen molar-refractivity contribution in [3.63, 3.8) is 0 Å². The maximum Gasteiger partial charge on any atom is 0.328 e. The molecule has 0 saturated carbocycles. The van der Waals surface area contributed by atoms with Crippen LogP contribution in [0.5, 0.6) is 0 Å². The maximum absolute atomic E-state index is 11.4. The number of nitrogens with one attached hydrogen (secondary N) is 1. The summed E-state index contributed by atoms with van der Waals surface area (Å²) in [7, 11) is -4.36. The van der Waals surface area contributed by atoms with Crippen molar-refractivity contribution in [3.05, 3.63) is 48.0 Å². The summed E-state index contributed by atoms with van der Waals surface area (Å²) < 4.78 is 32.1. The summed E-state index contributed by atoms with van der Waals surface area (Å²) in [6, 6.07) is 13.6. The molecule has 0 aliphatic rings. The summed E-state index contributed by atoms with van der Waals surface area (Å²) in [5, 5.41) is -0.416. The minimum absolute atomic E-state index is 0.416. The second-order valence-electron chi connectivity index (χ2n) is 5.83. The summed E-state index contributed by atoms with van der Waals surface area (Å²) in [5.74, 6) is 0. The van der Waals surface area contributed by atoms with Crippen LogP contribution in [0, 0.1) is 0 Å². The number of hydrogen-bond acceptors (Lipinski definition) is 3. The van der Waals surface area contributed by atoms with E-state index < -0.39 is 15.3 Å². The first-order valence-corrected chi connectivity index (χ1v) is 9.49. The van der Waals surface area contributed by atoms with Crippen LogP contribution in [0.25, 0.3) is 22.2 Å². The molecule has 1 heterocycles. The predicted molar refractivity (Wildman–Crippen MR) is 94.6 cm³/mol. The zero-order valence-electron chi connectivity index (χ0n) is 13.5. The van der Waals surface area contributed by atoms with Gasteiger partial charge in [-0.05, 0) is 30.0 Å². The summed E-state index contributed by atoms with van der Waals surface area (Å²) in [5.41, 5.74) is 4.27. The Balaban J connectivity index is 2.20. The van der Waals surface area contributed by atoms with Crippen molar-refractivity contribution < 1.29 is 13.0 Å². The minimum atomic E-state index is -4.36. The van der Waals surface area contributed by atoms with E-state index in [0.29, 0.717) is 11.0 Å². The first kappa shape index (κ1) is 16.7. The predicted octanol–water partition coefficient (Wildman–Crippen LogP) is 4.21. The number of benzene rings is 2. The molecule has 0 radical (unpaired) electrons. The second kappa shape index (κ2) is 6.75. The number of aromatic nitrogens is 2. The van der Waals surface area contributed by atoms with Gasteiger partial charge in [-0.25, -0.2) is 4.98 Å². The standard InChI is InChI=1S/C18H20N2O3S/c1-2-3-5-8-14-11-12-15-17(20-18(19-15)24(21,22)23)16(14)13-9-6-4-7-10-13/h4,6-7,9-12H,2-3,5,8H2,1H3,(H,19,20)(H,21,22,23). The minimum Gasteiger partial charge on any atom is -0.326 e. The SMILES string of the molecule is CCCCCc1ccc2nc(S(=O)(=O)O)[nH]c2c1-c1ccccc1. The Hall–Kier alpha value is -2.18. The Morgan fingerprint density at radius 1 is 1.08 bits per heavy atom. The van der Waals surface area contributed by atoms with E-state index in [4.69, 9.17) is 0 Å². The van der Waals surface area contributed by atoms with Crippen LogP contribution in [-0.4, -0.2) is 22.9 Å². The third-order valence-corrected chi connectivity index (χ3v) is 4.76. The molecule has 2 aromatic carbocycles. The average Bonchev–Trinajstić information content (AvgIpc) is 3.00. The van der Waals surface area contributed by atoms with Gasteiger partial charge in [-0.3, -0.25) is 4.55 Å². The van der Waals surface area contributed by atoms with Gasteiger partial charge in [0, 0.05) is 5.56 Å². The first-order valence-electron chi connectivity index (χ1n) is 8.05. The molecule has 0 spiro atoms. The fraction of sp³-hybridized carbons (Fsp3) is 0.278. The topological polar surface area (TPSA) is 83.1 Å². The Kier molecular flexibility index (Phi) is 4.69. The number of aromatic amines is 1. The highest BCUT2D eigenvalue weighted by molar-refractivity contribution is 7.85. The van der Waals surface area contributed by atoms with Gasteiger partial charge in [0.15, 0.2) is 0 Å². The van der Waals surface area contributed by atoms with Crippen molar-refractivity contribution in [1.29, 1.82) is 0 Å². The largest absolute Gasteiger partial charge is 0.328 e. The van der Waals surface area contributed by atoms with Gasteiger partial charge in [0.05, 0.1) is 11.0 Å². The second-order valence-corrected chi connectivity index (χ2v) is 7.17. The molecular weight excluding hydrogens is 324 g/mol. The van der Waals surface area contributed by atoms with Crippen molar-refractivity contribution in [1.82, 2.24) is 9.97 Å². The van der Waals surface area contributed by atoms with Crippen LogP contribution < -0.4 is 0 Å². The van der Waals surface area contributed by atoms with Crippen molar-refractivity contribution in [2.24, 2.45) is 0 Å². The fourth-order valence-electron chi connectivity index (χ4n) is 2.93. The molecule has 0 amide bonds. The normalized spacial score (nSPS) is 11.9. The van der Waals surface area contributed by atoms with E-state index in [1.807, 2.05) is 36.4 Å². The van der Waals surface area contributed by atoms with E-state index in [1.54, 1.807) is 6.07 Å². The van der Waals surface area contributed by atoms with Gasteiger partial charge in [-0.1, -0.05) is 56.2 Å². The van der Waals surface area contributed by atoms with Gasteiger partial charge in [-0.15, -0.1) is 0 Å². The molecule has 0 fully saturated rings. The summed E-state index contributed by atoms with van der Waals surface area (Å²) in [4.78, 5) is 6.80. The zero-order valence-corrected chi connectivity index (χ0v) is 14.3. The number of nitrogens with zero attached hydrogens (tertiary/aromatic N) is 1. The van der Waals surface area contributed by atoms with Crippen LogP contribution in [0.15, 0.2) is 47.6 Å². The third-order valence-electron chi connectivity index (χ3n) is 4.08. The smallest absolute Gasteiger partial charge is 0.326 e. The molecule has 5 nitrogen and oxygen atoms in total. The number of H-pyrrole nitrogens is 1. The van der Waals surface area contributed by atoms with Crippen molar-refractivity contribution in [3.8, 4) is 11.1 Å². The monoisotopic (exact) mass is 344 g/mol. The van der Waals surface area contributed by atoms with Crippen LogP contribution in [0.1, 0.15) is 31.7 Å². The van der Waals surface area contributed by atoms with Crippen molar-refractivity contribution in [2.75, 3.05) is 0 Å². The molecule has 24 heavy (non-hydrogen) atoms. The number of imidazole rings is 1. The van der Waals surface area contributed by atoms with Crippen LogP contribution >= 0.6 is 0 Å². The van der Waals surface area contributed by atoms with Gasteiger partial charge in [0.25, 0.3) is 5.16 Å². The van der Waals surface area contributed by atoms with Gasteiger partial charge in [0.2, 0.25) is 0 Å². The van der Waals surface area contributed by atoms with Gasteiger partial charge in [-0.2, -0.15) is 8.42 Å². The van der Waals surface area contributed by atoms with E-state index in [1.165, 1.54) is 0 Å². The molecule has 0 bridgehead atoms. The van der Waals surface area contributed by atoms with E-state index in [-0.39, 0.29) is 0 Å². The Labute approximate surface area is 141 Å². The molecular formula is C18H20N2O3S. The Morgan fingerprint density at radius 2 is 1.83 bits per heavy atom. The molecule has 0 atom stereocenters. The van der Waals surface area contributed by atoms with Crippen LogP contribution in [0.2, 0.25) is 0 Å². The number of rotatable bonds is 6. The lowest BCUT2D eigenvalue weighted by molar-refractivity contribution is 0.476. The zero-order chi connectivity index (χ0) is 17.2. The lowest BCUT2D eigenvalue weighted by atomic mass is 9.94. The summed E-state index contributed by atoms with van der Waals surface area (Å²) >= 11 is 0. The van der Waals surface area contributed by atoms with E-state index in [0.717, 1.165) is 42.4 Å². The number of hydrogen-bond donors (Lipinski definition) is 2. The number of unbranched alkanes of at least 4 members (excludes halogenated alkanes) is 2. The first-order chi connectivity index (χ1) is 11.5. The molecule has 126 valence electrons. The number of aryl methyl sites for hydroxylation is 1. The molecule has 0 aliphatic heterocycles. The van der Waals surface area contributed by atoms with E-state index >= 15 is 0 Å². The lowest BCUT2D eigenvalue weighted by Gasteiger charge is -2.11. The quantitative estimate of drug-likeness (QED) is 0.518. The van der Waals surface area contributed by atoms with Crippen molar-refractivity contribution in [2.45, 2.75) is 37.8 Å². The Morgan fingerprint density at radius 3 is 2.50 bits per heavy atom. The van der Waals surface area contributed by atoms with Gasteiger partial charge in [0.1, 0.15) is 0 Å². The summed E-state index contributed by atoms with van der Waals surface area (Å²) in [6.45, 7) is 2.16. The van der Waals surface area contributed by atoms with Crippen LogP contribution in [0.4, 0.5) is 0 Å². The fourth-order valence-corrected chi connectivity index (χ4v) is 3.37. The van der Waals surface area contributed by atoms with E-state index in [9.17, 15) is 13.0 Å². The van der Waals surface area contributed by atoms with Crippen LogP contribution in [-0.2, 0) is 16.5 Å². The van der Waals surface area contributed by atoms with Gasteiger partial charge < -0.3 is 4.98 Å². The molecule has 3 aromatic rings. The molecule has 0 saturated heterocycles.